The number of rotatable bonds is 5. The molecule has 0 spiro atoms. The van der Waals surface area contributed by atoms with Crippen molar-refractivity contribution < 1.29 is 14.5 Å². The molecule has 118 valence electrons. The third-order valence-electron chi connectivity index (χ3n) is 3.32. The van der Waals surface area contributed by atoms with Gasteiger partial charge in [-0.05, 0) is 24.3 Å². The number of pyridine rings is 1. The largest absolute Gasteiger partial charge is 0.449 e. The standard InChI is InChI=1S/C18H12N2O4/c21-18(13-5-2-1-3-6-13)14-8-9-17(16(11-14)20(22)23)24-15-7-4-10-19-12-15/h1-12H. The van der Waals surface area contributed by atoms with Crippen LogP contribution in [0.25, 0.3) is 0 Å². The molecule has 0 aliphatic heterocycles. The summed E-state index contributed by atoms with van der Waals surface area (Å²) in [5.74, 6) is 0.145. The van der Waals surface area contributed by atoms with E-state index in [9.17, 15) is 14.9 Å². The van der Waals surface area contributed by atoms with Gasteiger partial charge in [-0.15, -0.1) is 0 Å². The molecule has 0 atom stereocenters. The molecule has 0 aliphatic rings. The van der Waals surface area contributed by atoms with Gasteiger partial charge in [0.2, 0.25) is 5.75 Å². The molecule has 1 heterocycles. The Labute approximate surface area is 137 Å². The Balaban J connectivity index is 1.96. The second-order valence-electron chi connectivity index (χ2n) is 4.93. The fraction of sp³-hybridized carbons (Fsp3) is 0. The molecule has 0 saturated heterocycles. The monoisotopic (exact) mass is 320 g/mol. The van der Waals surface area contributed by atoms with Gasteiger partial charge in [0, 0.05) is 23.4 Å². The first-order valence-corrected chi connectivity index (χ1v) is 7.11. The van der Waals surface area contributed by atoms with Crippen LogP contribution in [-0.2, 0) is 0 Å². The zero-order valence-electron chi connectivity index (χ0n) is 12.5. The maximum Gasteiger partial charge on any atom is 0.312 e. The van der Waals surface area contributed by atoms with Crippen molar-refractivity contribution in [1.29, 1.82) is 0 Å². The molecule has 6 heteroatoms. The average Bonchev–Trinajstić information content (AvgIpc) is 2.63. The summed E-state index contributed by atoms with van der Waals surface area (Å²) in [7, 11) is 0. The maximum atomic E-state index is 12.4. The van der Waals surface area contributed by atoms with E-state index in [1.54, 1.807) is 48.7 Å². The highest BCUT2D eigenvalue weighted by molar-refractivity contribution is 6.09. The predicted octanol–water partition coefficient (Wildman–Crippen LogP) is 4.01. The van der Waals surface area contributed by atoms with E-state index in [0.717, 1.165) is 0 Å². The van der Waals surface area contributed by atoms with Gasteiger partial charge in [0.05, 0.1) is 11.1 Å². The van der Waals surface area contributed by atoms with Gasteiger partial charge in [-0.2, -0.15) is 0 Å². The van der Waals surface area contributed by atoms with E-state index in [0.29, 0.717) is 11.3 Å². The van der Waals surface area contributed by atoms with Crippen LogP contribution in [0.2, 0.25) is 0 Å². The Morgan fingerprint density at radius 3 is 2.46 bits per heavy atom. The van der Waals surface area contributed by atoms with Crippen LogP contribution in [0.4, 0.5) is 5.69 Å². The van der Waals surface area contributed by atoms with E-state index >= 15 is 0 Å². The zero-order chi connectivity index (χ0) is 16.9. The van der Waals surface area contributed by atoms with E-state index in [2.05, 4.69) is 4.98 Å². The Morgan fingerprint density at radius 2 is 1.79 bits per heavy atom. The molecule has 3 aromatic rings. The lowest BCUT2D eigenvalue weighted by Crippen LogP contribution is -2.03. The Kier molecular flexibility index (Phi) is 4.29. The highest BCUT2D eigenvalue weighted by Crippen LogP contribution is 2.32. The predicted molar refractivity (Wildman–Crippen MR) is 87.3 cm³/mol. The molecule has 0 saturated carbocycles. The summed E-state index contributed by atoms with van der Waals surface area (Å²) < 4.78 is 5.50. The summed E-state index contributed by atoms with van der Waals surface area (Å²) in [5.41, 5.74) is 0.416. The SMILES string of the molecule is O=C(c1ccccc1)c1ccc(Oc2cccnc2)c([N+](=O)[O-])c1. The molecule has 3 rings (SSSR count). The van der Waals surface area contributed by atoms with Crippen LogP contribution in [0.15, 0.2) is 73.1 Å². The lowest BCUT2D eigenvalue weighted by atomic mass is 10.0. The smallest absolute Gasteiger partial charge is 0.312 e. The Morgan fingerprint density at radius 1 is 1.00 bits per heavy atom. The number of ether oxygens (including phenoxy) is 1. The van der Waals surface area contributed by atoms with Crippen molar-refractivity contribution in [2.45, 2.75) is 0 Å². The van der Waals surface area contributed by atoms with Gasteiger partial charge in [0.25, 0.3) is 0 Å². The summed E-state index contributed by atoms with van der Waals surface area (Å²) in [6, 6.07) is 16.0. The molecule has 1 aromatic heterocycles. The molecule has 24 heavy (non-hydrogen) atoms. The second kappa shape index (κ2) is 6.70. The van der Waals surface area contributed by atoms with Crippen LogP contribution in [0, 0.1) is 10.1 Å². The first kappa shape index (κ1) is 15.4. The summed E-state index contributed by atoms with van der Waals surface area (Å²) in [6.45, 7) is 0. The van der Waals surface area contributed by atoms with Crippen LogP contribution in [0.5, 0.6) is 11.5 Å². The van der Waals surface area contributed by atoms with Crippen molar-refractivity contribution >= 4 is 11.5 Å². The molecule has 0 radical (unpaired) electrons. The van der Waals surface area contributed by atoms with Gasteiger partial charge < -0.3 is 4.74 Å². The van der Waals surface area contributed by atoms with Gasteiger partial charge in [-0.3, -0.25) is 19.9 Å². The van der Waals surface area contributed by atoms with E-state index in [1.165, 1.54) is 24.4 Å². The lowest BCUT2D eigenvalue weighted by molar-refractivity contribution is -0.385. The minimum absolute atomic E-state index is 0.0533. The highest BCUT2D eigenvalue weighted by atomic mass is 16.6. The van der Waals surface area contributed by atoms with E-state index in [1.807, 2.05) is 0 Å². The molecule has 0 N–H and O–H groups in total. The third kappa shape index (κ3) is 3.27. The molecule has 0 aliphatic carbocycles. The number of benzene rings is 2. The Bertz CT molecular complexity index is 880. The van der Waals surface area contributed by atoms with Crippen LogP contribution >= 0.6 is 0 Å². The summed E-state index contributed by atoms with van der Waals surface area (Å²) in [5, 5.41) is 11.3. The number of nitro groups is 1. The maximum absolute atomic E-state index is 12.4. The zero-order valence-corrected chi connectivity index (χ0v) is 12.5. The molecule has 0 bridgehead atoms. The summed E-state index contributed by atoms with van der Waals surface area (Å²) in [6.07, 6.45) is 3.02. The topological polar surface area (TPSA) is 82.3 Å². The first-order chi connectivity index (χ1) is 11.6. The molecule has 2 aromatic carbocycles. The minimum Gasteiger partial charge on any atom is -0.449 e. The van der Waals surface area contributed by atoms with Crippen LogP contribution < -0.4 is 4.74 Å². The van der Waals surface area contributed by atoms with Crippen molar-refractivity contribution in [3.05, 3.63) is 94.3 Å². The van der Waals surface area contributed by atoms with E-state index < -0.39 is 4.92 Å². The number of carbonyl (C=O) groups is 1. The molecule has 0 unspecified atom stereocenters. The quantitative estimate of drug-likeness (QED) is 0.403. The van der Waals surface area contributed by atoms with Crippen molar-refractivity contribution in [2.75, 3.05) is 0 Å². The number of nitrogens with zero attached hydrogens (tertiary/aromatic N) is 2. The van der Waals surface area contributed by atoms with Gasteiger partial charge in [-0.1, -0.05) is 30.3 Å². The number of hydrogen-bond donors (Lipinski definition) is 0. The van der Waals surface area contributed by atoms with Crippen LogP contribution in [-0.4, -0.2) is 15.7 Å². The lowest BCUT2D eigenvalue weighted by Gasteiger charge is -2.07. The van der Waals surface area contributed by atoms with Crippen LogP contribution in [0.1, 0.15) is 15.9 Å². The van der Waals surface area contributed by atoms with E-state index in [-0.39, 0.29) is 22.8 Å². The molecule has 6 nitrogen and oxygen atoms in total. The Hall–Kier alpha value is -3.54. The first-order valence-electron chi connectivity index (χ1n) is 7.11. The number of aromatic nitrogens is 1. The van der Waals surface area contributed by atoms with E-state index in [4.69, 9.17) is 4.74 Å². The second-order valence-corrected chi connectivity index (χ2v) is 4.93. The number of hydrogen-bond acceptors (Lipinski definition) is 5. The van der Waals surface area contributed by atoms with Crippen LogP contribution in [0.3, 0.4) is 0 Å². The number of carbonyl (C=O) groups excluding carboxylic acids is 1. The van der Waals surface area contributed by atoms with Crippen molar-refractivity contribution in [2.24, 2.45) is 0 Å². The fourth-order valence-corrected chi connectivity index (χ4v) is 2.18. The minimum atomic E-state index is -0.576. The average molecular weight is 320 g/mol. The number of ketones is 1. The van der Waals surface area contributed by atoms with Crippen molar-refractivity contribution in [3.8, 4) is 11.5 Å². The normalized spacial score (nSPS) is 10.2. The molecule has 0 amide bonds. The summed E-state index contributed by atoms with van der Waals surface area (Å²) in [4.78, 5) is 27.1. The van der Waals surface area contributed by atoms with Gasteiger partial charge in [-0.25, -0.2) is 0 Å². The van der Waals surface area contributed by atoms with Crippen molar-refractivity contribution in [3.63, 3.8) is 0 Å². The highest BCUT2D eigenvalue weighted by Gasteiger charge is 2.20. The molecular formula is C18H12N2O4. The summed E-state index contributed by atoms with van der Waals surface area (Å²) >= 11 is 0. The fourth-order valence-electron chi connectivity index (χ4n) is 2.18. The number of nitro benzene ring substituents is 1. The molecular weight excluding hydrogens is 308 g/mol. The third-order valence-corrected chi connectivity index (χ3v) is 3.32. The van der Waals surface area contributed by atoms with Gasteiger partial charge >= 0.3 is 5.69 Å². The van der Waals surface area contributed by atoms with Gasteiger partial charge in [0.1, 0.15) is 5.75 Å². The molecule has 0 fully saturated rings. The van der Waals surface area contributed by atoms with Gasteiger partial charge in [0.15, 0.2) is 5.78 Å². The van der Waals surface area contributed by atoms with Crippen molar-refractivity contribution in [1.82, 2.24) is 4.98 Å².